The zero-order valence-electron chi connectivity index (χ0n) is 10.3. The topological polar surface area (TPSA) is 47.0 Å². The van der Waals surface area contributed by atoms with Crippen molar-refractivity contribution in [3.8, 4) is 5.19 Å². The van der Waals surface area contributed by atoms with Crippen molar-refractivity contribution in [1.82, 2.24) is 14.7 Å². The summed E-state index contributed by atoms with van der Waals surface area (Å²) in [7, 11) is 0. The molecule has 3 rings (SSSR count). The number of ether oxygens (including phenoxy) is 1. The van der Waals surface area contributed by atoms with Crippen LogP contribution in [0.1, 0.15) is 51.3 Å². The predicted octanol–water partition coefficient (Wildman–Crippen LogP) is 2.32. The van der Waals surface area contributed by atoms with Crippen LogP contribution < -0.4 is 10.1 Å². The highest BCUT2D eigenvalue weighted by molar-refractivity contribution is 7.07. The van der Waals surface area contributed by atoms with Crippen LogP contribution in [0.15, 0.2) is 0 Å². The van der Waals surface area contributed by atoms with E-state index >= 15 is 0 Å². The van der Waals surface area contributed by atoms with Crippen LogP contribution in [0.3, 0.4) is 0 Å². The number of nitrogens with zero attached hydrogens (tertiary/aromatic N) is 2. The molecule has 2 unspecified atom stereocenters. The van der Waals surface area contributed by atoms with Crippen LogP contribution in [-0.2, 0) is 0 Å². The minimum atomic E-state index is 0.335. The molecular formula is C12H19N3OS. The second-order valence-electron chi connectivity index (χ2n) is 5.42. The Hall–Kier alpha value is -0.680. The van der Waals surface area contributed by atoms with Crippen molar-refractivity contribution in [2.24, 2.45) is 0 Å². The number of fused-ring (bicyclic) bond motifs is 2. The monoisotopic (exact) mass is 253 g/mol. The zero-order valence-corrected chi connectivity index (χ0v) is 11.2. The van der Waals surface area contributed by atoms with Gasteiger partial charge in [-0.1, -0.05) is 13.8 Å². The van der Waals surface area contributed by atoms with Gasteiger partial charge in [-0.15, -0.1) is 0 Å². The maximum atomic E-state index is 5.97. The predicted molar refractivity (Wildman–Crippen MR) is 67.6 cm³/mol. The largest absolute Gasteiger partial charge is 0.466 e. The molecular weight excluding hydrogens is 234 g/mol. The van der Waals surface area contributed by atoms with Gasteiger partial charge < -0.3 is 10.1 Å². The van der Waals surface area contributed by atoms with Gasteiger partial charge >= 0.3 is 0 Å². The first-order valence-electron chi connectivity index (χ1n) is 6.47. The minimum absolute atomic E-state index is 0.335. The lowest BCUT2D eigenvalue weighted by Crippen LogP contribution is -2.42. The molecule has 2 aliphatic rings. The van der Waals surface area contributed by atoms with Crippen LogP contribution >= 0.6 is 11.5 Å². The molecule has 2 aliphatic heterocycles. The maximum absolute atomic E-state index is 5.97. The lowest BCUT2D eigenvalue weighted by Gasteiger charge is -2.28. The Morgan fingerprint density at radius 3 is 2.59 bits per heavy atom. The highest BCUT2D eigenvalue weighted by Gasteiger charge is 2.34. The number of piperidine rings is 1. The van der Waals surface area contributed by atoms with Crippen molar-refractivity contribution in [3.05, 3.63) is 5.82 Å². The van der Waals surface area contributed by atoms with Crippen molar-refractivity contribution in [2.45, 2.75) is 63.6 Å². The molecule has 4 nitrogen and oxygen atoms in total. The van der Waals surface area contributed by atoms with E-state index in [1.807, 2.05) is 0 Å². The van der Waals surface area contributed by atoms with Crippen molar-refractivity contribution in [1.29, 1.82) is 0 Å². The molecule has 1 aromatic rings. The molecule has 2 bridgehead atoms. The summed E-state index contributed by atoms with van der Waals surface area (Å²) in [5, 5.41) is 4.37. The Morgan fingerprint density at radius 2 is 2.00 bits per heavy atom. The summed E-state index contributed by atoms with van der Waals surface area (Å²) in [6.45, 7) is 4.22. The average molecular weight is 253 g/mol. The molecule has 17 heavy (non-hydrogen) atoms. The number of rotatable bonds is 3. The van der Waals surface area contributed by atoms with E-state index in [9.17, 15) is 0 Å². The molecule has 5 heteroatoms. The van der Waals surface area contributed by atoms with Gasteiger partial charge in [0.05, 0.1) is 0 Å². The van der Waals surface area contributed by atoms with Crippen molar-refractivity contribution in [2.75, 3.05) is 0 Å². The molecule has 2 saturated heterocycles. The molecule has 1 N–H and O–H groups in total. The summed E-state index contributed by atoms with van der Waals surface area (Å²) in [5.74, 6) is 1.29. The Morgan fingerprint density at radius 1 is 1.29 bits per heavy atom. The van der Waals surface area contributed by atoms with Gasteiger partial charge in [0.15, 0.2) is 0 Å². The van der Waals surface area contributed by atoms with E-state index < -0.39 is 0 Å². The van der Waals surface area contributed by atoms with Gasteiger partial charge in [-0.05, 0) is 25.7 Å². The summed E-state index contributed by atoms with van der Waals surface area (Å²) >= 11 is 1.39. The average Bonchev–Trinajstić information content (AvgIpc) is 2.86. The van der Waals surface area contributed by atoms with E-state index in [0.717, 1.165) is 23.9 Å². The van der Waals surface area contributed by atoms with Crippen LogP contribution in [0, 0.1) is 0 Å². The van der Waals surface area contributed by atoms with E-state index in [0.29, 0.717) is 24.1 Å². The number of hydrogen-bond donors (Lipinski definition) is 1. The second-order valence-corrected chi connectivity index (χ2v) is 6.14. The highest BCUT2D eigenvalue weighted by atomic mass is 32.1. The molecule has 2 fully saturated rings. The van der Waals surface area contributed by atoms with Gasteiger partial charge in [0.2, 0.25) is 0 Å². The normalized spacial score (nSPS) is 32.1. The van der Waals surface area contributed by atoms with Crippen LogP contribution in [0.2, 0.25) is 0 Å². The Kier molecular flexibility index (Phi) is 3.04. The molecule has 0 aromatic carbocycles. The fourth-order valence-corrected chi connectivity index (χ4v) is 3.48. The molecule has 0 spiro atoms. The summed E-state index contributed by atoms with van der Waals surface area (Å²) in [5.41, 5.74) is 0. The van der Waals surface area contributed by atoms with Gasteiger partial charge in [-0.2, -0.15) is 9.36 Å². The van der Waals surface area contributed by atoms with E-state index in [1.165, 1.54) is 24.4 Å². The fraction of sp³-hybridized carbons (Fsp3) is 0.833. The van der Waals surface area contributed by atoms with Crippen molar-refractivity contribution < 1.29 is 4.74 Å². The molecule has 2 atom stereocenters. The number of hydrogen-bond acceptors (Lipinski definition) is 5. The molecule has 0 radical (unpaired) electrons. The van der Waals surface area contributed by atoms with E-state index in [2.05, 4.69) is 28.5 Å². The Balaban J connectivity index is 1.62. The summed E-state index contributed by atoms with van der Waals surface area (Å²) in [6, 6.07) is 1.33. The quantitative estimate of drug-likeness (QED) is 0.898. The van der Waals surface area contributed by atoms with E-state index in [-0.39, 0.29) is 0 Å². The van der Waals surface area contributed by atoms with Crippen LogP contribution in [0.4, 0.5) is 0 Å². The van der Waals surface area contributed by atoms with Crippen LogP contribution in [0.25, 0.3) is 0 Å². The molecule has 94 valence electrons. The third-order valence-corrected chi connectivity index (χ3v) is 4.26. The van der Waals surface area contributed by atoms with Gasteiger partial charge in [0.1, 0.15) is 11.9 Å². The maximum Gasteiger partial charge on any atom is 0.293 e. The lowest BCUT2D eigenvalue weighted by molar-refractivity contribution is 0.136. The molecule has 3 heterocycles. The third kappa shape index (κ3) is 2.45. The van der Waals surface area contributed by atoms with E-state index in [1.54, 1.807) is 0 Å². The van der Waals surface area contributed by atoms with Crippen LogP contribution in [-0.4, -0.2) is 27.5 Å². The Labute approximate surface area is 106 Å². The highest BCUT2D eigenvalue weighted by Crippen LogP contribution is 2.30. The smallest absolute Gasteiger partial charge is 0.293 e. The number of aromatic nitrogens is 2. The van der Waals surface area contributed by atoms with Gasteiger partial charge in [0, 0.05) is 29.5 Å². The van der Waals surface area contributed by atoms with Crippen LogP contribution in [0.5, 0.6) is 5.19 Å². The van der Waals surface area contributed by atoms with Crippen molar-refractivity contribution >= 4 is 11.5 Å². The minimum Gasteiger partial charge on any atom is -0.466 e. The first kappa shape index (κ1) is 11.4. The lowest BCUT2D eigenvalue weighted by atomic mass is 10.0. The standard InChI is InChI=1S/C12H19N3OS/c1-7(2)11-14-12(17-15-11)16-10-5-8-3-4-9(6-10)13-8/h7-10,13H,3-6H2,1-2H3. The first-order valence-corrected chi connectivity index (χ1v) is 7.24. The van der Waals surface area contributed by atoms with Gasteiger partial charge in [-0.25, -0.2) is 0 Å². The zero-order chi connectivity index (χ0) is 11.8. The molecule has 0 aliphatic carbocycles. The van der Waals surface area contributed by atoms with E-state index in [4.69, 9.17) is 4.74 Å². The molecule has 0 amide bonds. The Bertz CT molecular complexity index is 381. The SMILES string of the molecule is CC(C)c1nsc(OC2CC3CCC(C2)N3)n1. The first-order chi connectivity index (χ1) is 8.20. The fourth-order valence-electron chi connectivity index (χ4n) is 2.75. The summed E-state index contributed by atoms with van der Waals surface area (Å²) < 4.78 is 10.3. The van der Waals surface area contributed by atoms with Crippen molar-refractivity contribution in [3.63, 3.8) is 0 Å². The van der Waals surface area contributed by atoms with Gasteiger partial charge in [0.25, 0.3) is 5.19 Å². The molecule has 1 aromatic heterocycles. The number of nitrogens with one attached hydrogen (secondary N) is 1. The summed E-state index contributed by atoms with van der Waals surface area (Å²) in [6.07, 6.45) is 5.18. The third-order valence-electron chi connectivity index (χ3n) is 3.64. The second kappa shape index (κ2) is 4.53. The summed E-state index contributed by atoms with van der Waals surface area (Å²) in [4.78, 5) is 4.44. The molecule has 0 saturated carbocycles. The van der Waals surface area contributed by atoms with Gasteiger partial charge in [-0.3, -0.25) is 0 Å².